The molecule has 4 aromatic carbocycles. The van der Waals surface area contributed by atoms with Gasteiger partial charge in [-0.2, -0.15) is 12.7 Å². The lowest BCUT2D eigenvalue weighted by Crippen LogP contribution is -2.65. The highest BCUT2D eigenvalue weighted by atomic mass is 35.5. The predicted octanol–water partition coefficient (Wildman–Crippen LogP) is 7.81. The van der Waals surface area contributed by atoms with Crippen LogP contribution in [0.5, 0.6) is 11.5 Å². The minimum absolute atomic E-state index is 0.0706. The van der Waals surface area contributed by atoms with E-state index in [1.165, 1.54) is 56.6 Å². The zero-order chi connectivity index (χ0) is 53.7. The molecule has 0 aromatic heterocycles. The summed E-state index contributed by atoms with van der Waals surface area (Å²) in [6.07, 6.45) is -4.97. The van der Waals surface area contributed by atoms with E-state index in [1.54, 1.807) is 34.1 Å². The number of rotatable bonds is 13. The van der Waals surface area contributed by atoms with Crippen LogP contribution in [0.2, 0.25) is 10.0 Å². The van der Waals surface area contributed by atoms with Crippen molar-refractivity contribution >= 4 is 68.8 Å². The third-order valence-corrected chi connectivity index (χ3v) is 14.1. The van der Waals surface area contributed by atoms with Crippen LogP contribution in [0.4, 0.5) is 46.5 Å². The van der Waals surface area contributed by atoms with Gasteiger partial charge in [-0.3, -0.25) is 24.1 Å². The Labute approximate surface area is 430 Å². The second kappa shape index (κ2) is 23.4. The van der Waals surface area contributed by atoms with Gasteiger partial charge in [0.15, 0.2) is 0 Å². The van der Waals surface area contributed by atoms with Crippen molar-refractivity contribution in [2.24, 2.45) is 0 Å². The third kappa shape index (κ3) is 15.0. The van der Waals surface area contributed by atoms with Gasteiger partial charge >= 0.3 is 22.9 Å². The maximum atomic E-state index is 13.3. The van der Waals surface area contributed by atoms with Gasteiger partial charge in [0.2, 0.25) is 11.8 Å². The van der Waals surface area contributed by atoms with Gasteiger partial charge in [0, 0.05) is 82.3 Å². The lowest BCUT2D eigenvalue weighted by atomic mass is 10.0. The number of ether oxygens (including phenoxy) is 4. The molecule has 0 radical (unpaired) electrons. The van der Waals surface area contributed by atoms with Crippen molar-refractivity contribution in [3.8, 4) is 11.5 Å². The molecule has 4 saturated heterocycles. The summed E-state index contributed by atoms with van der Waals surface area (Å²) in [6, 6.07) is 15.5. The minimum atomic E-state index is -5.05. The van der Waals surface area contributed by atoms with E-state index in [0.29, 0.717) is 52.5 Å². The third-order valence-electron chi connectivity index (χ3n) is 12.1. The molecule has 4 aliphatic heterocycles. The first kappa shape index (κ1) is 56.0. The van der Waals surface area contributed by atoms with Crippen molar-refractivity contribution in [1.29, 1.82) is 0 Å². The van der Waals surface area contributed by atoms with Gasteiger partial charge in [-0.05, 0) is 71.8 Å². The van der Waals surface area contributed by atoms with E-state index in [9.17, 15) is 53.1 Å². The zero-order valence-corrected chi connectivity index (χ0v) is 41.7. The molecule has 4 unspecified atom stereocenters. The van der Waals surface area contributed by atoms with Crippen LogP contribution in [0.3, 0.4) is 0 Å². The molecule has 0 spiro atoms. The molecule has 4 fully saturated rings. The van der Waals surface area contributed by atoms with Crippen molar-refractivity contribution in [3.05, 3.63) is 129 Å². The molecule has 4 bridgehead atoms. The summed E-state index contributed by atoms with van der Waals surface area (Å²) in [5, 5.41) is -0.775. The van der Waals surface area contributed by atoms with Gasteiger partial charge in [0.1, 0.15) is 23.1 Å². The van der Waals surface area contributed by atoms with E-state index in [2.05, 4.69) is 24.0 Å². The highest BCUT2D eigenvalue weighted by Crippen LogP contribution is 2.37. The largest absolute Gasteiger partial charge is 0.573 e. The number of nitrogens with two attached hydrogens (primary N) is 1. The number of nitrogens with one attached hydrogen (secondary N) is 1. The van der Waals surface area contributed by atoms with Crippen LogP contribution in [0.1, 0.15) is 22.3 Å². The lowest BCUT2D eigenvalue weighted by Gasteiger charge is -2.49. The van der Waals surface area contributed by atoms with Gasteiger partial charge in [-0.25, -0.2) is 8.78 Å². The van der Waals surface area contributed by atoms with Crippen molar-refractivity contribution in [3.63, 3.8) is 0 Å². The highest BCUT2D eigenvalue weighted by molar-refractivity contribution is 7.90. The SMILES string of the molecule is CN(C)S(=O)(=O)Nc1cc(Cl)c(OC(F)(F)F)cc1/C=C/C(=O)N1C2COCC1CN(Cc1ccc(F)cc1)C2.Nc1cc(Cl)c(OC(F)(F)F)cc1/C=C/C(=O)N1C2COCC1CN(Cc1ccc(F)cc1)C2. The summed E-state index contributed by atoms with van der Waals surface area (Å²) in [5.74, 6) is -2.70. The number of alkyl halides is 6. The average molecular weight is 1110 g/mol. The van der Waals surface area contributed by atoms with Crippen LogP contribution in [-0.4, -0.2) is 148 Å². The van der Waals surface area contributed by atoms with E-state index < -0.39 is 45.4 Å². The van der Waals surface area contributed by atoms with Crippen LogP contribution >= 0.6 is 23.2 Å². The molecule has 0 aliphatic carbocycles. The van der Waals surface area contributed by atoms with Crippen molar-refractivity contribution in [1.82, 2.24) is 23.9 Å². The number of morpholine rings is 2. The Morgan fingerprint density at radius 2 is 1.05 bits per heavy atom. The fourth-order valence-corrected chi connectivity index (χ4v) is 9.88. The number of fused-ring (bicyclic) bond motifs is 4. The fraction of sp³-hybridized carbons (Fsp3) is 0.375. The Morgan fingerprint density at radius 3 is 1.45 bits per heavy atom. The second-order valence-electron chi connectivity index (χ2n) is 17.8. The topological polar surface area (TPSA) is 159 Å². The van der Waals surface area contributed by atoms with E-state index in [0.717, 1.165) is 45.8 Å². The molecule has 2 amide bonds. The molecule has 0 saturated carbocycles. The average Bonchev–Trinajstić information content (AvgIpc) is 3.30. The summed E-state index contributed by atoms with van der Waals surface area (Å²) >= 11 is 11.7. The first-order valence-electron chi connectivity index (χ1n) is 22.5. The van der Waals surface area contributed by atoms with Crippen molar-refractivity contribution in [2.75, 3.05) is 77.2 Å². The minimum Gasteiger partial charge on any atom is -0.404 e. The summed E-state index contributed by atoms with van der Waals surface area (Å²) in [4.78, 5) is 34.1. The summed E-state index contributed by atoms with van der Waals surface area (Å²) in [7, 11) is -1.53. The summed E-state index contributed by atoms with van der Waals surface area (Å²) < 4.78 is 150. The Kier molecular flexibility index (Phi) is 17.7. The number of carbonyl (C=O) groups excluding carboxylic acids is 2. The second-order valence-corrected chi connectivity index (χ2v) is 20.5. The van der Waals surface area contributed by atoms with Crippen LogP contribution in [0, 0.1) is 11.6 Å². The molecule has 8 rings (SSSR count). The monoisotopic (exact) mass is 1110 g/mol. The van der Waals surface area contributed by atoms with E-state index in [-0.39, 0.29) is 82.4 Å². The predicted molar refractivity (Wildman–Crippen MR) is 259 cm³/mol. The smallest absolute Gasteiger partial charge is 0.404 e. The van der Waals surface area contributed by atoms with E-state index in [1.807, 2.05) is 0 Å². The number of piperazine rings is 2. The Morgan fingerprint density at radius 1 is 0.676 bits per heavy atom. The maximum Gasteiger partial charge on any atom is 0.573 e. The number of hydrogen-bond acceptors (Lipinski definition) is 11. The Balaban J connectivity index is 0.000000219. The quantitative estimate of drug-likeness (QED) is 0.0765. The van der Waals surface area contributed by atoms with Crippen molar-refractivity contribution in [2.45, 2.75) is 50.0 Å². The first-order chi connectivity index (χ1) is 34.8. The molecule has 26 heteroatoms. The normalized spacial score (nSPS) is 20.7. The van der Waals surface area contributed by atoms with Crippen LogP contribution in [-0.2, 0) is 42.4 Å². The zero-order valence-electron chi connectivity index (χ0n) is 39.4. The molecule has 4 atom stereocenters. The molecule has 4 aromatic rings. The van der Waals surface area contributed by atoms with Gasteiger partial charge < -0.3 is 34.5 Å². The molecule has 3 N–H and O–H groups in total. The van der Waals surface area contributed by atoms with Crippen LogP contribution < -0.4 is 19.9 Å². The van der Waals surface area contributed by atoms with Gasteiger partial charge in [-0.15, -0.1) is 26.3 Å². The molecule has 74 heavy (non-hydrogen) atoms. The Bertz CT molecular complexity index is 2800. The summed E-state index contributed by atoms with van der Waals surface area (Å²) in [5.41, 5.74) is 7.82. The molecule has 4 aliphatic rings. The van der Waals surface area contributed by atoms with Gasteiger partial charge in [0.25, 0.3) is 0 Å². The number of amides is 2. The van der Waals surface area contributed by atoms with Crippen LogP contribution in [0.25, 0.3) is 12.2 Å². The number of halogens is 10. The van der Waals surface area contributed by atoms with Crippen molar-refractivity contribution < 1.29 is 72.1 Å². The number of benzene rings is 4. The van der Waals surface area contributed by atoms with Crippen LogP contribution in [0.15, 0.2) is 84.9 Å². The molecule has 400 valence electrons. The molecule has 15 nitrogen and oxygen atoms in total. The first-order valence-corrected chi connectivity index (χ1v) is 24.7. The number of nitrogen functional groups attached to an aromatic ring is 1. The fourth-order valence-electron chi connectivity index (χ4n) is 8.83. The molecule has 4 heterocycles. The number of nitrogens with zero attached hydrogens (tertiary/aromatic N) is 5. The molecular formula is C48H49Cl2F8N7O8S. The standard InChI is InChI=1S/C25H27ClF4N4O5S.C23H22ClF4N3O3/c1-32(2)40(36,37)31-22-10-21(26)23(39-25(28,29)30)9-17(22)5-8-24(35)34-19-12-33(13-20(34)15-38-14-19)11-16-3-6-18(27)7-4-16;24-19-8-20(29)15(7-21(19)34-23(26,27)28)3-6-22(32)31-17-10-30(11-18(31)13-33-12-17)9-14-1-4-16(25)5-2-14/h3-10,19-20,31H,11-15H2,1-2H3;1-8,17-18H,9-13,29H2/b8-5+;6-3+. The number of carbonyl (C=O) groups is 2. The number of hydrogen-bond donors (Lipinski definition) is 2. The van der Waals surface area contributed by atoms with Gasteiger partial charge in [-0.1, -0.05) is 47.5 Å². The summed E-state index contributed by atoms with van der Waals surface area (Å²) in [6.45, 7) is 4.60. The van der Waals surface area contributed by atoms with E-state index >= 15 is 0 Å². The maximum absolute atomic E-state index is 13.3. The number of anilines is 2. The molecular weight excluding hydrogens is 1060 g/mol. The Hall–Kier alpha value is -5.73. The van der Waals surface area contributed by atoms with E-state index in [4.69, 9.17) is 38.4 Å². The van der Waals surface area contributed by atoms with Gasteiger partial charge in [0.05, 0.1) is 66.3 Å². The highest BCUT2D eigenvalue weighted by Gasteiger charge is 2.42. The lowest BCUT2D eigenvalue weighted by molar-refractivity contribution is -0.275.